The van der Waals surface area contributed by atoms with E-state index in [0.29, 0.717) is 18.7 Å². The molecular weight excluding hydrogens is 314 g/mol. The summed E-state index contributed by atoms with van der Waals surface area (Å²) in [6, 6.07) is 9.94. The molecule has 136 valence electrons. The normalized spacial score (nSPS) is 31.8. The van der Waals surface area contributed by atoms with Crippen molar-refractivity contribution in [2.75, 3.05) is 0 Å². The van der Waals surface area contributed by atoms with E-state index in [-0.39, 0.29) is 23.8 Å². The lowest BCUT2D eigenvalue weighted by Crippen LogP contribution is -2.64. The highest BCUT2D eigenvalue weighted by Gasteiger charge is 2.60. The van der Waals surface area contributed by atoms with Crippen molar-refractivity contribution in [1.29, 1.82) is 0 Å². The number of Topliss-reactive ketones (excluding diaryl/α,β-unsaturated/α-hetero) is 1. The van der Waals surface area contributed by atoms with Crippen LogP contribution >= 0.6 is 0 Å². The van der Waals surface area contributed by atoms with E-state index in [1.54, 1.807) is 0 Å². The van der Waals surface area contributed by atoms with Gasteiger partial charge in [0.05, 0.1) is 5.41 Å². The Morgan fingerprint density at radius 2 is 1.92 bits per heavy atom. The molecule has 4 nitrogen and oxygen atoms in total. The number of carbonyl (C=O) groups excluding carboxylic acids is 2. The maximum absolute atomic E-state index is 13.1. The summed E-state index contributed by atoms with van der Waals surface area (Å²) in [6.07, 6.45) is 2.30. The maximum atomic E-state index is 13.1. The van der Waals surface area contributed by atoms with Crippen molar-refractivity contribution in [2.45, 2.75) is 65.1 Å². The Labute approximate surface area is 150 Å². The lowest BCUT2D eigenvalue weighted by molar-refractivity contribution is -0.182. The predicted molar refractivity (Wildman–Crippen MR) is 96.9 cm³/mol. The van der Waals surface area contributed by atoms with Crippen molar-refractivity contribution in [3.63, 3.8) is 0 Å². The van der Waals surface area contributed by atoms with Gasteiger partial charge in [0.1, 0.15) is 11.4 Å². The van der Waals surface area contributed by atoms with Crippen LogP contribution in [0.3, 0.4) is 0 Å². The van der Waals surface area contributed by atoms with Gasteiger partial charge in [0.15, 0.2) is 0 Å². The Morgan fingerprint density at radius 3 is 2.52 bits per heavy atom. The van der Waals surface area contributed by atoms with Gasteiger partial charge < -0.3 is 10.1 Å². The highest BCUT2D eigenvalue weighted by atomic mass is 16.6. The number of ether oxygens (including phenoxy) is 1. The number of fused-ring (bicyclic) bond motifs is 3. The number of esters is 1. The maximum Gasteiger partial charge on any atom is 0.314 e. The minimum absolute atomic E-state index is 0.0631. The molecule has 1 aromatic rings. The number of ketones is 1. The van der Waals surface area contributed by atoms with E-state index in [1.165, 1.54) is 0 Å². The molecule has 1 aromatic carbocycles. The van der Waals surface area contributed by atoms with Crippen molar-refractivity contribution in [3.8, 4) is 0 Å². The molecular formula is C21H29NO3. The van der Waals surface area contributed by atoms with E-state index in [4.69, 9.17) is 4.74 Å². The van der Waals surface area contributed by atoms with Gasteiger partial charge in [-0.05, 0) is 52.0 Å². The fourth-order valence-corrected chi connectivity index (χ4v) is 4.43. The third-order valence-electron chi connectivity index (χ3n) is 5.79. The van der Waals surface area contributed by atoms with Gasteiger partial charge in [0.25, 0.3) is 0 Å². The molecule has 0 saturated heterocycles. The number of nitrogens with one attached hydrogen (secondary N) is 1. The summed E-state index contributed by atoms with van der Waals surface area (Å²) in [6.45, 7) is 8.33. The van der Waals surface area contributed by atoms with Gasteiger partial charge in [-0.1, -0.05) is 30.3 Å². The smallest absolute Gasteiger partial charge is 0.314 e. The SMILES string of the molecule is CC(C)(C)OC(=O)[C@@]1(C)[C@H]2CC[C@H](C(=O)C2)[C@@H]1NCc1ccccc1. The third-order valence-corrected chi connectivity index (χ3v) is 5.79. The lowest BCUT2D eigenvalue weighted by atomic mass is 9.53. The Bertz CT molecular complexity index is 649. The van der Waals surface area contributed by atoms with E-state index >= 15 is 0 Å². The Kier molecular flexibility index (Phi) is 4.76. The van der Waals surface area contributed by atoms with Crippen molar-refractivity contribution in [2.24, 2.45) is 17.3 Å². The standard InChI is InChI=1S/C21H29NO3/c1-20(2,3)25-19(24)21(4)15-10-11-16(17(23)12-15)18(21)22-13-14-8-6-5-7-9-14/h5-9,15-16,18,22H,10-13H2,1-4H3/t15-,16+,18-,21-/m0/s1. The van der Waals surface area contributed by atoms with Crippen molar-refractivity contribution >= 4 is 11.8 Å². The van der Waals surface area contributed by atoms with Crippen LogP contribution in [0.4, 0.5) is 0 Å². The van der Waals surface area contributed by atoms with E-state index in [2.05, 4.69) is 17.4 Å². The minimum Gasteiger partial charge on any atom is -0.459 e. The molecule has 3 fully saturated rings. The molecule has 0 spiro atoms. The van der Waals surface area contributed by atoms with Crippen molar-refractivity contribution in [1.82, 2.24) is 5.32 Å². The highest BCUT2D eigenvalue weighted by molar-refractivity contribution is 5.89. The molecule has 3 saturated carbocycles. The Hall–Kier alpha value is -1.68. The number of benzene rings is 1. The molecule has 0 amide bonds. The molecule has 4 rings (SSSR count). The van der Waals surface area contributed by atoms with Crippen LogP contribution < -0.4 is 5.32 Å². The molecule has 3 aliphatic rings. The first kappa shape index (κ1) is 18.1. The summed E-state index contributed by atoms with van der Waals surface area (Å²) >= 11 is 0. The zero-order chi connectivity index (χ0) is 18.2. The molecule has 0 heterocycles. The van der Waals surface area contributed by atoms with Crippen LogP contribution in [0, 0.1) is 17.3 Å². The summed E-state index contributed by atoms with van der Waals surface area (Å²) in [5, 5.41) is 3.54. The molecule has 25 heavy (non-hydrogen) atoms. The Balaban J connectivity index is 1.85. The van der Waals surface area contributed by atoms with Gasteiger partial charge in [-0.15, -0.1) is 0 Å². The van der Waals surface area contributed by atoms with E-state index in [0.717, 1.165) is 18.4 Å². The molecule has 1 N–H and O–H groups in total. The van der Waals surface area contributed by atoms with Gasteiger partial charge in [-0.2, -0.15) is 0 Å². The second-order valence-corrected chi connectivity index (χ2v) is 8.68. The van der Waals surface area contributed by atoms with Crippen LogP contribution in [-0.2, 0) is 20.9 Å². The summed E-state index contributed by atoms with van der Waals surface area (Å²) < 4.78 is 5.76. The second kappa shape index (κ2) is 6.56. The number of carbonyl (C=O) groups is 2. The molecule has 0 aliphatic heterocycles. The quantitative estimate of drug-likeness (QED) is 0.850. The van der Waals surface area contributed by atoms with Crippen LogP contribution in [0.2, 0.25) is 0 Å². The summed E-state index contributed by atoms with van der Waals surface area (Å²) in [7, 11) is 0. The zero-order valence-corrected chi connectivity index (χ0v) is 15.7. The topological polar surface area (TPSA) is 55.4 Å². The van der Waals surface area contributed by atoms with Gasteiger partial charge >= 0.3 is 5.97 Å². The average Bonchev–Trinajstić information content (AvgIpc) is 2.54. The van der Waals surface area contributed by atoms with Gasteiger partial charge in [-0.3, -0.25) is 9.59 Å². The average molecular weight is 343 g/mol. The first-order chi connectivity index (χ1) is 11.7. The zero-order valence-electron chi connectivity index (χ0n) is 15.7. The summed E-state index contributed by atoms with van der Waals surface area (Å²) in [4.78, 5) is 25.6. The van der Waals surface area contributed by atoms with Gasteiger partial charge in [0.2, 0.25) is 0 Å². The fourth-order valence-electron chi connectivity index (χ4n) is 4.43. The first-order valence-corrected chi connectivity index (χ1v) is 9.25. The largest absolute Gasteiger partial charge is 0.459 e. The number of rotatable bonds is 4. The molecule has 2 bridgehead atoms. The van der Waals surface area contributed by atoms with Crippen LogP contribution in [-0.4, -0.2) is 23.4 Å². The van der Waals surface area contributed by atoms with Gasteiger partial charge in [0, 0.05) is 24.9 Å². The van der Waals surface area contributed by atoms with E-state index < -0.39 is 11.0 Å². The van der Waals surface area contributed by atoms with Gasteiger partial charge in [-0.25, -0.2) is 0 Å². The number of hydrogen-bond donors (Lipinski definition) is 1. The van der Waals surface area contributed by atoms with Crippen LogP contribution in [0.25, 0.3) is 0 Å². The third kappa shape index (κ3) is 3.50. The molecule has 4 heteroatoms. The molecule has 0 unspecified atom stereocenters. The van der Waals surface area contributed by atoms with Crippen LogP contribution in [0.1, 0.15) is 52.5 Å². The molecule has 0 radical (unpaired) electrons. The minimum atomic E-state index is -0.654. The molecule has 3 aliphatic carbocycles. The van der Waals surface area contributed by atoms with Crippen molar-refractivity contribution in [3.05, 3.63) is 35.9 Å². The summed E-state index contributed by atoms with van der Waals surface area (Å²) in [5.41, 5.74) is -0.0214. The van der Waals surface area contributed by atoms with Crippen LogP contribution in [0.5, 0.6) is 0 Å². The first-order valence-electron chi connectivity index (χ1n) is 9.25. The molecule has 0 aromatic heterocycles. The second-order valence-electron chi connectivity index (χ2n) is 8.68. The predicted octanol–water partition coefficient (Wildman–Crippen LogP) is 3.49. The number of hydrogen-bond acceptors (Lipinski definition) is 4. The summed E-state index contributed by atoms with van der Waals surface area (Å²) in [5.74, 6) is 0.0926. The van der Waals surface area contributed by atoms with Crippen molar-refractivity contribution < 1.29 is 14.3 Å². The fraction of sp³-hybridized carbons (Fsp3) is 0.619. The van der Waals surface area contributed by atoms with Crippen LogP contribution in [0.15, 0.2) is 30.3 Å². The highest BCUT2D eigenvalue weighted by Crippen LogP contribution is 2.52. The monoisotopic (exact) mass is 343 g/mol. The lowest BCUT2D eigenvalue weighted by Gasteiger charge is -2.53. The molecule has 4 atom stereocenters. The Morgan fingerprint density at radius 1 is 1.24 bits per heavy atom. The van der Waals surface area contributed by atoms with E-state index in [9.17, 15) is 9.59 Å². The van der Waals surface area contributed by atoms with E-state index in [1.807, 2.05) is 45.9 Å².